The standard InChI is InChI=1S/C31H45NO9Si/c1-21(33)40-28-26(34)17-27(41-29(28)37-18-23-13-15-24(36-5)16-14-23)25(20-39-42(6,7)31(2,3)4)32-30(35)38-19-22-11-9-8-10-12-22/h8-16,25-29,34H,17-20H2,1-7H3,(H,32,35)/t25-,26-,27+,28-,29-/m1/s1. The van der Waals surface area contributed by atoms with Crippen molar-refractivity contribution in [3.63, 3.8) is 0 Å². The number of ether oxygens (including phenoxy) is 5. The van der Waals surface area contributed by atoms with Crippen molar-refractivity contribution in [1.29, 1.82) is 0 Å². The number of nitrogens with one attached hydrogen (secondary N) is 1. The van der Waals surface area contributed by atoms with Gasteiger partial charge in [-0.1, -0.05) is 63.2 Å². The van der Waals surface area contributed by atoms with Crippen LogP contribution in [0.25, 0.3) is 0 Å². The Labute approximate surface area is 249 Å². The van der Waals surface area contributed by atoms with Gasteiger partial charge in [0, 0.05) is 13.3 Å². The van der Waals surface area contributed by atoms with Gasteiger partial charge in [-0.25, -0.2) is 4.79 Å². The molecule has 1 aliphatic heterocycles. The molecule has 1 fully saturated rings. The van der Waals surface area contributed by atoms with Crippen LogP contribution in [0.2, 0.25) is 18.1 Å². The molecule has 1 amide bonds. The van der Waals surface area contributed by atoms with Crippen LogP contribution in [-0.4, -0.2) is 69.8 Å². The zero-order valence-corrected chi connectivity index (χ0v) is 26.6. The quantitative estimate of drug-likeness (QED) is 0.257. The molecule has 0 aromatic heterocycles. The molecule has 3 rings (SSSR count). The Morgan fingerprint density at radius 2 is 1.69 bits per heavy atom. The Kier molecular flexibility index (Phi) is 12.0. The van der Waals surface area contributed by atoms with E-state index < -0.39 is 51.0 Å². The maximum absolute atomic E-state index is 12.9. The second-order valence-corrected chi connectivity index (χ2v) is 16.8. The zero-order valence-electron chi connectivity index (χ0n) is 25.6. The van der Waals surface area contributed by atoms with E-state index in [0.717, 1.165) is 11.1 Å². The molecule has 2 aromatic rings. The van der Waals surface area contributed by atoms with Crippen LogP contribution in [0.1, 0.15) is 45.2 Å². The molecular formula is C31H45NO9Si. The minimum Gasteiger partial charge on any atom is -0.497 e. The summed E-state index contributed by atoms with van der Waals surface area (Å²) < 4.78 is 34.9. The number of carbonyl (C=O) groups is 2. The number of hydrogen-bond donors (Lipinski definition) is 2. The average Bonchev–Trinajstić information content (AvgIpc) is 2.94. The highest BCUT2D eigenvalue weighted by atomic mass is 28.4. The van der Waals surface area contributed by atoms with Crippen molar-refractivity contribution >= 4 is 20.4 Å². The molecule has 0 saturated carbocycles. The van der Waals surface area contributed by atoms with Gasteiger partial charge < -0.3 is 38.5 Å². The SMILES string of the molecule is COc1ccc(CO[C@@H]2O[C@H]([C@@H](CO[Si](C)(C)C(C)(C)C)NC(=O)OCc3ccccc3)C[C@@H](O)[C@H]2OC(C)=O)cc1. The highest BCUT2D eigenvalue weighted by Gasteiger charge is 2.45. The van der Waals surface area contributed by atoms with Gasteiger partial charge in [0.2, 0.25) is 0 Å². The maximum Gasteiger partial charge on any atom is 0.407 e. The van der Waals surface area contributed by atoms with Crippen molar-refractivity contribution in [1.82, 2.24) is 5.32 Å². The predicted molar refractivity (Wildman–Crippen MR) is 159 cm³/mol. The summed E-state index contributed by atoms with van der Waals surface area (Å²) in [5, 5.41) is 13.9. The largest absolute Gasteiger partial charge is 0.497 e. The van der Waals surface area contributed by atoms with Gasteiger partial charge in [0.05, 0.1) is 38.6 Å². The third-order valence-electron chi connectivity index (χ3n) is 7.70. The summed E-state index contributed by atoms with van der Waals surface area (Å²) in [6.07, 6.45) is -4.54. The topological polar surface area (TPSA) is 122 Å². The van der Waals surface area contributed by atoms with Crippen molar-refractivity contribution in [3.8, 4) is 5.75 Å². The molecule has 1 aliphatic rings. The van der Waals surface area contributed by atoms with E-state index in [1.807, 2.05) is 42.5 Å². The number of aliphatic hydroxyl groups is 1. The number of hydrogen-bond acceptors (Lipinski definition) is 9. The van der Waals surface area contributed by atoms with Gasteiger partial charge in [0.15, 0.2) is 20.7 Å². The van der Waals surface area contributed by atoms with E-state index in [4.69, 9.17) is 28.1 Å². The first-order chi connectivity index (χ1) is 19.8. The second-order valence-electron chi connectivity index (χ2n) is 12.0. The number of rotatable bonds is 12. The Hall–Kier alpha value is -2.96. The van der Waals surface area contributed by atoms with Crippen molar-refractivity contribution in [2.45, 2.75) is 96.1 Å². The molecule has 5 atom stereocenters. The summed E-state index contributed by atoms with van der Waals surface area (Å²) in [4.78, 5) is 24.8. The van der Waals surface area contributed by atoms with Gasteiger partial charge in [-0.05, 0) is 41.4 Å². The van der Waals surface area contributed by atoms with Gasteiger partial charge in [-0.15, -0.1) is 0 Å². The van der Waals surface area contributed by atoms with Crippen molar-refractivity contribution < 1.29 is 42.8 Å². The molecule has 42 heavy (non-hydrogen) atoms. The Balaban J connectivity index is 1.78. The van der Waals surface area contributed by atoms with Crippen LogP contribution in [0.15, 0.2) is 54.6 Å². The lowest BCUT2D eigenvalue weighted by molar-refractivity contribution is -0.280. The van der Waals surface area contributed by atoms with E-state index in [1.54, 1.807) is 19.2 Å². The normalized spacial score (nSPS) is 21.7. The van der Waals surface area contributed by atoms with Gasteiger partial charge in [0.25, 0.3) is 0 Å². The molecule has 11 heteroatoms. The lowest BCUT2D eigenvalue weighted by Gasteiger charge is -2.43. The van der Waals surface area contributed by atoms with Gasteiger partial charge in [-0.3, -0.25) is 4.79 Å². The van der Waals surface area contributed by atoms with Gasteiger partial charge in [-0.2, -0.15) is 0 Å². The van der Waals surface area contributed by atoms with Crippen molar-refractivity contribution in [3.05, 3.63) is 65.7 Å². The van der Waals surface area contributed by atoms with E-state index in [1.165, 1.54) is 6.92 Å². The summed E-state index contributed by atoms with van der Waals surface area (Å²) in [7, 11) is -0.624. The minimum atomic E-state index is -2.21. The summed E-state index contributed by atoms with van der Waals surface area (Å²) >= 11 is 0. The minimum absolute atomic E-state index is 0.0667. The lowest BCUT2D eigenvalue weighted by Crippen LogP contribution is -2.59. The first-order valence-corrected chi connectivity index (χ1v) is 17.1. The third-order valence-corrected chi connectivity index (χ3v) is 12.2. The number of carbonyl (C=O) groups excluding carboxylic acids is 2. The van der Waals surface area contributed by atoms with E-state index in [0.29, 0.717) is 5.75 Å². The average molecular weight is 604 g/mol. The maximum atomic E-state index is 12.9. The van der Waals surface area contributed by atoms with Gasteiger partial charge >= 0.3 is 12.1 Å². The number of methoxy groups -OCH3 is 1. The van der Waals surface area contributed by atoms with Gasteiger partial charge in [0.1, 0.15) is 12.4 Å². The van der Waals surface area contributed by atoms with Crippen LogP contribution in [0.4, 0.5) is 4.79 Å². The molecule has 2 aromatic carbocycles. The van der Waals surface area contributed by atoms with Crippen molar-refractivity contribution in [2.24, 2.45) is 0 Å². The highest BCUT2D eigenvalue weighted by Crippen LogP contribution is 2.37. The Morgan fingerprint density at radius 1 is 1.05 bits per heavy atom. The fraction of sp³-hybridized carbons (Fsp3) is 0.548. The number of benzene rings is 2. The van der Waals surface area contributed by atoms with E-state index in [9.17, 15) is 14.7 Å². The summed E-state index contributed by atoms with van der Waals surface area (Å²) in [6.45, 7) is 12.2. The number of amides is 1. The lowest BCUT2D eigenvalue weighted by atomic mass is 9.97. The smallest absolute Gasteiger partial charge is 0.407 e. The molecule has 2 N–H and O–H groups in total. The van der Waals surface area contributed by atoms with Crippen LogP contribution in [-0.2, 0) is 41.4 Å². The molecule has 10 nitrogen and oxygen atoms in total. The molecular weight excluding hydrogens is 558 g/mol. The number of alkyl carbamates (subject to hydrolysis) is 1. The molecule has 0 radical (unpaired) electrons. The summed E-state index contributed by atoms with van der Waals surface area (Å²) in [5.41, 5.74) is 1.68. The second kappa shape index (κ2) is 15.0. The van der Waals surface area contributed by atoms with E-state index >= 15 is 0 Å². The first-order valence-electron chi connectivity index (χ1n) is 14.2. The van der Waals surface area contributed by atoms with E-state index in [2.05, 4.69) is 39.2 Å². The van der Waals surface area contributed by atoms with E-state index in [-0.39, 0.29) is 31.3 Å². The van der Waals surface area contributed by atoms with Crippen LogP contribution < -0.4 is 10.1 Å². The van der Waals surface area contributed by atoms with Crippen LogP contribution in [0.5, 0.6) is 5.75 Å². The Bertz CT molecular complexity index is 1140. The fourth-order valence-corrected chi connectivity index (χ4v) is 5.18. The number of esters is 1. The molecule has 232 valence electrons. The molecule has 0 spiro atoms. The third kappa shape index (κ3) is 9.81. The van der Waals surface area contributed by atoms with Crippen molar-refractivity contribution in [2.75, 3.05) is 13.7 Å². The fourth-order valence-electron chi connectivity index (χ4n) is 4.15. The molecule has 0 aliphatic carbocycles. The predicted octanol–water partition coefficient (Wildman–Crippen LogP) is 4.94. The van der Waals surface area contributed by atoms with Crippen LogP contribution >= 0.6 is 0 Å². The summed E-state index contributed by atoms with van der Waals surface area (Å²) in [6, 6.07) is 16.0. The highest BCUT2D eigenvalue weighted by molar-refractivity contribution is 6.74. The molecule has 0 bridgehead atoms. The molecule has 1 saturated heterocycles. The van der Waals surface area contributed by atoms with Crippen LogP contribution in [0, 0.1) is 0 Å². The Morgan fingerprint density at radius 3 is 2.29 bits per heavy atom. The monoisotopic (exact) mass is 603 g/mol. The molecule has 0 unspecified atom stereocenters. The zero-order chi connectivity index (χ0) is 30.9. The summed E-state index contributed by atoms with van der Waals surface area (Å²) in [5.74, 6) is 0.135. The number of aliphatic hydroxyl groups excluding tert-OH is 1. The van der Waals surface area contributed by atoms with Crippen LogP contribution in [0.3, 0.4) is 0 Å². The molecule has 1 heterocycles. The first kappa shape index (κ1) is 33.5.